The van der Waals surface area contributed by atoms with E-state index in [1.54, 1.807) is 35.7 Å². The molecule has 0 bridgehead atoms. The summed E-state index contributed by atoms with van der Waals surface area (Å²) >= 11 is 7.23. The lowest BCUT2D eigenvalue weighted by molar-refractivity contribution is -0.121. The first-order valence-corrected chi connectivity index (χ1v) is 8.42. The van der Waals surface area contributed by atoms with Gasteiger partial charge < -0.3 is 15.4 Å². The molecule has 2 amide bonds. The van der Waals surface area contributed by atoms with Crippen LogP contribution in [0.3, 0.4) is 0 Å². The van der Waals surface area contributed by atoms with Gasteiger partial charge in [0.1, 0.15) is 12.4 Å². The molecule has 0 fully saturated rings. The van der Waals surface area contributed by atoms with Gasteiger partial charge in [-0.05, 0) is 35.7 Å². The first-order chi connectivity index (χ1) is 11.1. The van der Waals surface area contributed by atoms with Crippen molar-refractivity contribution >= 4 is 34.8 Å². The number of hydrogen-bond acceptors (Lipinski definition) is 4. The maximum Gasteiger partial charge on any atom is 0.252 e. The number of hydrogen-bond donors (Lipinski definition) is 2. The van der Waals surface area contributed by atoms with Gasteiger partial charge in [0, 0.05) is 28.9 Å². The smallest absolute Gasteiger partial charge is 0.252 e. The molecule has 0 aliphatic carbocycles. The molecule has 1 aromatic carbocycles. The van der Waals surface area contributed by atoms with Crippen LogP contribution in [0.1, 0.15) is 16.8 Å². The Bertz CT molecular complexity index is 629. The van der Waals surface area contributed by atoms with Crippen molar-refractivity contribution in [1.82, 2.24) is 10.6 Å². The highest BCUT2D eigenvalue weighted by atomic mass is 35.5. The molecular formula is C16H17ClN2O3S. The minimum Gasteiger partial charge on any atom is -0.492 e. The molecule has 2 aromatic rings. The van der Waals surface area contributed by atoms with E-state index in [-0.39, 0.29) is 18.2 Å². The van der Waals surface area contributed by atoms with Crippen LogP contribution >= 0.6 is 22.9 Å². The van der Waals surface area contributed by atoms with Crippen LogP contribution in [0.2, 0.25) is 5.02 Å². The predicted molar refractivity (Wildman–Crippen MR) is 91.2 cm³/mol. The lowest BCUT2D eigenvalue weighted by Crippen LogP contribution is -2.32. The first kappa shape index (κ1) is 17.3. The second kappa shape index (κ2) is 9.17. The molecule has 0 saturated heterocycles. The lowest BCUT2D eigenvalue weighted by Gasteiger charge is -2.08. The zero-order valence-electron chi connectivity index (χ0n) is 12.4. The standard InChI is InChI=1S/C16H17ClN2O3S/c17-13-1-3-14(4-2-13)22-9-8-18-15(20)5-7-19-16(21)12-6-10-23-11-12/h1-4,6,10-11H,5,7-9H2,(H,18,20)(H,19,21). The summed E-state index contributed by atoms with van der Waals surface area (Å²) < 4.78 is 5.46. The number of rotatable bonds is 8. The van der Waals surface area contributed by atoms with Crippen LogP contribution in [0.4, 0.5) is 0 Å². The van der Waals surface area contributed by atoms with Crippen LogP contribution in [0.5, 0.6) is 5.75 Å². The van der Waals surface area contributed by atoms with Crippen molar-refractivity contribution in [3.8, 4) is 5.75 Å². The van der Waals surface area contributed by atoms with Gasteiger partial charge in [0.2, 0.25) is 5.91 Å². The van der Waals surface area contributed by atoms with Crippen molar-refractivity contribution in [2.24, 2.45) is 0 Å². The molecular weight excluding hydrogens is 336 g/mol. The van der Waals surface area contributed by atoms with E-state index in [2.05, 4.69) is 10.6 Å². The van der Waals surface area contributed by atoms with Crippen molar-refractivity contribution < 1.29 is 14.3 Å². The van der Waals surface area contributed by atoms with Crippen molar-refractivity contribution in [2.75, 3.05) is 19.7 Å². The highest BCUT2D eigenvalue weighted by molar-refractivity contribution is 7.08. The molecule has 0 saturated carbocycles. The topological polar surface area (TPSA) is 67.4 Å². The minimum absolute atomic E-state index is 0.129. The quantitative estimate of drug-likeness (QED) is 0.718. The Kier molecular flexibility index (Phi) is 6.90. The highest BCUT2D eigenvalue weighted by Gasteiger charge is 2.06. The summed E-state index contributed by atoms with van der Waals surface area (Å²) in [6, 6.07) is 8.76. The number of thiophene rings is 1. The number of halogens is 1. The number of nitrogens with one attached hydrogen (secondary N) is 2. The van der Waals surface area contributed by atoms with E-state index < -0.39 is 0 Å². The van der Waals surface area contributed by atoms with E-state index >= 15 is 0 Å². The third kappa shape index (κ3) is 6.30. The molecule has 0 atom stereocenters. The summed E-state index contributed by atoms with van der Waals surface area (Å²) in [5.41, 5.74) is 0.617. The zero-order chi connectivity index (χ0) is 16.5. The van der Waals surface area contributed by atoms with Crippen molar-refractivity contribution in [1.29, 1.82) is 0 Å². The number of benzene rings is 1. The Labute approximate surface area is 143 Å². The largest absolute Gasteiger partial charge is 0.492 e. The third-order valence-electron chi connectivity index (χ3n) is 2.93. The molecule has 0 radical (unpaired) electrons. The molecule has 122 valence electrons. The van der Waals surface area contributed by atoms with E-state index in [9.17, 15) is 9.59 Å². The van der Waals surface area contributed by atoms with E-state index in [1.165, 1.54) is 11.3 Å². The molecule has 0 spiro atoms. The van der Waals surface area contributed by atoms with Gasteiger partial charge in [-0.2, -0.15) is 11.3 Å². The van der Waals surface area contributed by atoms with Gasteiger partial charge in [0.25, 0.3) is 5.91 Å². The van der Waals surface area contributed by atoms with Gasteiger partial charge in [0.05, 0.1) is 6.54 Å². The maximum atomic E-state index is 11.7. The van der Waals surface area contributed by atoms with Gasteiger partial charge in [-0.1, -0.05) is 11.6 Å². The van der Waals surface area contributed by atoms with Crippen LogP contribution in [-0.4, -0.2) is 31.5 Å². The molecule has 2 rings (SSSR count). The lowest BCUT2D eigenvalue weighted by atomic mass is 10.3. The summed E-state index contributed by atoms with van der Waals surface area (Å²) in [5, 5.41) is 9.69. The molecule has 5 nitrogen and oxygen atoms in total. The predicted octanol–water partition coefficient (Wildman–Crippen LogP) is 2.72. The third-order valence-corrected chi connectivity index (χ3v) is 3.86. The highest BCUT2D eigenvalue weighted by Crippen LogP contribution is 2.15. The number of ether oxygens (including phenoxy) is 1. The number of carbonyl (C=O) groups excluding carboxylic acids is 2. The Hall–Kier alpha value is -2.05. The van der Waals surface area contributed by atoms with Crippen LogP contribution in [0.25, 0.3) is 0 Å². The number of carbonyl (C=O) groups is 2. The fourth-order valence-corrected chi connectivity index (χ4v) is 2.53. The normalized spacial score (nSPS) is 10.1. The van der Waals surface area contributed by atoms with Crippen LogP contribution < -0.4 is 15.4 Å². The van der Waals surface area contributed by atoms with Gasteiger partial charge in [-0.25, -0.2) is 0 Å². The molecule has 0 aliphatic heterocycles. The van der Waals surface area contributed by atoms with Crippen LogP contribution in [-0.2, 0) is 4.79 Å². The van der Waals surface area contributed by atoms with Gasteiger partial charge in [0.15, 0.2) is 0 Å². The summed E-state index contributed by atoms with van der Waals surface area (Å²) in [4.78, 5) is 23.3. The Morgan fingerprint density at radius 2 is 1.87 bits per heavy atom. The summed E-state index contributed by atoms with van der Waals surface area (Å²) in [5.74, 6) is 0.409. The molecule has 0 aliphatic rings. The SMILES string of the molecule is O=C(CCNC(=O)c1ccsc1)NCCOc1ccc(Cl)cc1. The Morgan fingerprint density at radius 3 is 2.57 bits per heavy atom. The average molecular weight is 353 g/mol. The average Bonchev–Trinajstić information content (AvgIpc) is 3.08. The molecule has 0 unspecified atom stereocenters. The summed E-state index contributed by atoms with van der Waals surface area (Å²) in [7, 11) is 0. The van der Waals surface area contributed by atoms with E-state index in [4.69, 9.17) is 16.3 Å². The first-order valence-electron chi connectivity index (χ1n) is 7.10. The van der Waals surface area contributed by atoms with E-state index in [0.717, 1.165) is 0 Å². The van der Waals surface area contributed by atoms with Gasteiger partial charge >= 0.3 is 0 Å². The molecule has 7 heteroatoms. The fraction of sp³-hybridized carbons (Fsp3) is 0.250. The van der Waals surface area contributed by atoms with Crippen LogP contribution in [0, 0.1) is 0 Å². The summed E-state index contributed by atoms with van der Waals surface area (Å²) in [6.07, 6.45) is 0.233. The molecule has 2 N–H and O–H groups in total. The van der Waals surface area contributed by atoms with Crippen molar-refractivity contribution in [3.63, 3.8) is 0 Å². The Balaban J connectivity index is 1.55. The molecule has 1 heterocycles. The van der Waals surface area contributed by atoms with Gasteiger partial charge in [-0.3, -0.25) is 9.59 Å². The van der Waals surface area contributed by atoms with Crippen molar-refractivity contribution in [3.05, 3.63) is 51.7 Å². The second-order valence-electron chi connectivity index (χ2n) is 4.67. The maximum absolute atomic E-state index is 11.7. The van der Waals surface area contributed by atoms with Crippen LogP contribution in [0.15, 0.2) is 41.1 Å². The fourth-order valence-electron chi connectivity index (χ4n) is 1.76. The minimum atomic E-state index is -0.162. The monoisotopic (exact) mass is 352 g/mol. The summed E-state index contributed by atoms with van der Waals surface area (Å²) in [6.45, 7) is 1.08. The zero-order valence-corrected chi connectivity index (χ0v) is 14.0. The second-order valence-corrected chi connectivity index (χ2v) is 5.89. The van der Waals surface area contributed by atoms with E-state index in [1.807, 2.05) is 5.38 Å². The number of amides is 2. The molecule has 1 aromatic heterocycles. The Morgan fingerprint density at radius 1 is 1.09 bits per heavy atom. The van der Waals surface area contributed by atoms with E-state index in [0.29, 0.717) is 36.0 Å². The molecule has 23 heavy (non-hydrogen) atoms. The van der Waals surface area contributed by atoms with Gasteiger partial charge in [-0.15, -0.1) is 0 Å². The van der Waals surface area contributed by atoms with Crippen molar-refractivity contribution in [2.45, 2.75) is 6.42 Å².